The van der Waals surface area contributed by atoms with E-state index in [4.69, 9.17) is 28.9 Å². The molecule has 0 aliphatic carbocycles. The average molecular weight is 352 g/mol. The molecule has 2 atom stereocenters. The lowest BCUT2D eigenvalue weighted by Crippen LogP contribution is -2.48. The van der Waals surface area contributed by atoms with Gasteiger partial charge in [-0.1, -0.05) is 43.5 Å². The van der Waals surface area contributed by atoms with Crippen molar-refractivity contribution in [3.8, 4) is 0 Å². The van der Waals surface area contributed by atoms with Gasteiger partial charge in [0.1, 0.15) is 0 Å². The van der Waals surface area contributed by atoms with Crippen molar-refractivity contribution < 1.29 is 4.79 Å². The predicted molar refractivity (Wildman–Crippen MR) is 90.3 cm³/mol. The Balaban J connectivity index is 0.00000220. The van der Waals surface area contributed by atoms with Gasteiger partial charge in [0.2, 0.25) is 5.91 Å². The number of nitrogens with zero attached hydrogens (tertiary/aromatic N) is 1. The summed E-state index contributed by atoms with van der Waals surface area (Å²) in [7, 11) is 0. The van der Waals surface area contributed by atoms with Crippen LogP contribution in [0.5, 0.6) is 0 Å². The number of hydrogen-bond donors (Lipinski definition) is 1. The number of carbonyl (C=O) groups excluding carboxylic acids is 1. The van der Waals surface area contributed by atoms with E-state index in [2.05, 4.69) is 0 Å². The molecule has 21 heavy (non-hydrogen) atoms. The quantitative estimate of drug-likeness (QED) is 0.903. The first-order chi connectivity index (χ1) is 9.43. The van der Waals surface area contributed by atoms with Gasteiger partial charge in [-0.25, -0.2) is 0 Å². The van der Waals surface area contributed by atoms with Crippen LogP contribution in [-0.4, -0.2) is 23.4 Å². The molecule has 1 aromatic carbocycles. The van der Waals surface area contributed by atoms with Gasteiger partial charge in [-0.2, -0.15) is 0 Å². The Kier molecular flexibility index (Phi) is 6.79. The summed E-state index contributed by atoms with van der Waals surface area (Å²) in [6.45, 7) is 5.26. The lowest BCUT2D eigenvalue weighted by Gasteiger charge is -2.32. The number of amides is 1. The smallest absolute Gasteiger partial charge is 0.240 e. The third kappa shape index (κ3) is 4.04. The number of benzene rings is 1. The molecular formula is C15H21Cl3N2O. The number of carbonyl (C=O) groups is 1. The van der Waals surface area contributed by atoms with E-state index in [1.54, 1.807) is 6.07 Å². The molecular weight excluding hydrogens is 331 g/mol. The molecule has 0 aromatic heterocycles. The van der Waals surface area contributed by atoms with Gasteiger partial charge in [0.15, 0.2) is 0 Å². The highest BCUT2D eigenvalue weighted by Crippen LogP contribution is 2.30. The van der Waals surface area contributed by atoms with Gasteiger partial charge in [0.05, 0.1) is 6.04 Å². The third-order valence-electron chi connectivity index (χ3n) is 4.10. The van der Waals surface area contributed by atoms with Crippen LogP contribution in [0.15, 0.2) is 12.1 Å². The monoisotopic (exact) mass is 350 g/mol. The molecule has 1 aromatic rings. The van der Waals surface area contributed by atoms with Crippen molar-refractivity contribution in [2.75, 3.05) is 6.54 Å². The summed E-state index contributed by atoms with van der Waals surface area (Å²) in [4.78, 5) is 14.2. The van der Waals surface area contributed by atoms with Gasteiger partial charge in [-0.05, 0) is 35.6 Å². The lowest BCUT2D eigenvalue weighted by atomic mass is 9.95. The summed E-state index contributed by atoms with van der Waals surface area (Å²) < 4.78 is 0. The van der Waals surface area contributed by atoms with Crippen molar-refractivity contribution >= 4 is 41.5 Å². The molecule has 0 saturated carbocycles. The fraction of sp³-hybridized carbons (Fsp3) is 0.533. The van der Waals surface area contributed by atoms with E-state index in [-0.39, 0.29) is 24.2 Å². The maximum atomic E-state index is 12.4. The summed E-state index contributed by atoms with van der Waals surface area (Å²) in [5.41, 5.74) is 8.16. The summed E-state index contributed by atoms with van der Waals surface area (Å²) in [5, 5.41) is 1.29. The fourth-order valence-electron chi connectivity index (χ4n) is 2.51. The molecule has 2 rings (SSSR count). The zero-order chi connectivity index (χ0) is 14.9. The molecule has 2 N–H and O–H groups in total. The number of rotatable bonds is 3. The SMILES string of the molecule is CCC(C)C(N)C(=O)N1CCc2c(Cl)cc(Cl)cc2C1.Cl. The van der Waals surface area contributed by atoms with Crippen LogP contribution in [0, 0.1) is 5.92 Å². The number of halogens is 3. The highest BCUT2D eigenvalue weighted by Gasteiger charge is 2.28. The molecule has 0 saturated heterocycles. The minimum Gasteiger partial charge on any atom is -0.337 e. The summed E-state index contributed by atoms with van der Waals surface area (Å²) in [6.07, 6.45) is 1.65. The predicted octanol–water partition coefficient (Wildman–Crippen LogP) is 3.67. The first kappa shape index (κ1) is 18.6. The maximum absolute atomic E-state index is 12.4. The molecule has 0 fully saturated rings. The number of nitrogens with two attached hydrogens (primary N) is 1. The van der Waals surface area contributed by atoms with Crippen molar-refractivity contribution in [2.24, 2.45) is 11.7 Å². The Morgan fingerprint density at radius 1 is 1.43 bits per heavy atom. The fourth-order valence-corrected chi connectivity index (χ4v) is 3.14. The van der Waals surface area contributed by atoms with Crippen molar-refractivity contribution in [1.82, 2.24) is 4.90 Å². The normalized spacial score (nSPS) is 16.7. The van der Waals surface area contributed by atoms with Crippen LogP contribution in [0.2, 0.25) is 10.0 Å². The van der Waals surface area contributed by atoms with Crippen LogP contribution in [-0.2, 0) is 17.8 Å². The van der Waals surface area contributed by atoms with E-state index < -0.39 is 6.04 Å². The zero-order valence-electron chi connectivity index (χ0n) is 12.2. The second-order valence-corrected chi connectivity index (χ2v) is 6.29. The first-order valence-electron chi connectivity index (χ1n) is 6.95. The first-order valence-corrected chi connectivity index (χ1v) is 7.70. The molecule has 3 nitrogen and oxygen atoms in total. The van der Waals surface area contributed by atoms with Crippen molar-refractivity contribution in [3.05, 3.63) is 33.3 Å². The third-order valence-corrected chi connectivity index (χ3v) is 4.65. The largest absolute Gasteiger partial charge is 0.337 e. The number of fused-ring (bicyclic) bond motifs is 1. The molecule has 2 unspecified atom stereocenters. The Morgan fingerprint density at radius 2 is 2.10 bits per heavy atom. The van der Waals surface area contributed by atoms with Crippen LogP contribution in [0.4, 0.5) is 0 Å². The van der Waals surface area contributed by atoms with Crippen molar-refractivity contribution in [2.45, 2.75) is 39.3 Å². The lowest BCUT2D eigenvalue weighted by molar-refractivity contribution is -0.134. The molecule has 1 aliphatic heterocycles. The van der Waals surface area contributed by atoms with Gasteiger partial charge in [0, 0.05) is 23.1 Å². The second-order valence-electron chi connectivity index (χ2n) is 5.45. The van der Waals surface area contributed by atoms with Gasteiger partial charge in [-0.15, -0.1) is 12.4 Å². The minimum atomic E-state index is -0.434. The van der Waals surface area contributed by atoms with Gasteiger partial charge < -0.3 is 10.6 Å². The molecule has 6 heteroatoms. The van der Waals surface area contributed by atoms with Crippen LogP contribution < -0.4 is 5.73 Å². The van der Waals surface area contributed by atoms with E-state index in [0.29, 0.717) is 23.1 Å². The van der Waals surface area contributed by atoms with Crippen LogP contribution in [0.3, 0.4) is 0 Å². The topological polar surface area (TPSA) is 46.3 Å². The Morgan fingerprint density at radius 3 is 2.71 bits per heavy atom. The van der Waals surface area contributed by atoms with E-state index in [1.807, 2.05) is 24.8 Å². The van der Waals surface area contributed by atoms with E-state index >= 15 is 0 Å². The second kappa shape index (κ2) is 7.68. The van der Waals surface area contributed by atoms with Crippen LogP contribution in [0.1, 0.15) is 31.4 Å². The van der Waals surface area contributed by atoms with Crippen molar-refractivity contribution in [1.29, 1.82) is 0 Å². The average Bonchev–Trinajstić information content (AvgIpc) is 2.43. The highest BCUT2D eigenvalue weighted by molar-refractivity contribution is 6.35. The van der Waals surface area contributed by atoms with E-state index in [1.165, 1.54) is 0 Å². The van der Waals surface area contributed by atoms with Crippen LogP contribution >= 0.6 is 35.6 Å². The highest BCUT2D eigenvalue weighted by atomic mass is 35.5. The van der Waals surface area contributed by atoms with Gasteiger partial charge in [-0.3, -0.25) is 4.79 Å². The van der Waals surface area contributed by atoms with Gasteiger partial charge >= 0.3 is 0 Å². The maximum Gasteiger partial charge on any atom is 0.240 e. The molecule has 118 valence electrons. The summed E-state index contributed by atoms with van der Waals surface area (Å²) in [6, 6.07) is 3.21. The van der Waals surface area contributed by atoms with E-state index in [9.17, 15) is 4.79 Å². The summed E-state index contributed by atoms with van der Waals surface area (Å²) >= 11 is 12.2. The number of hydrogen-bond acceptors (Lipinski definition) is 2. The van der Waals surface area contributed by atoms with Crippen molar-refractivity contribution in [3.63, 3.8) is 0 Å². The Labute approximate surface area is 142 Å². The minimum absolute atomic E-state index is 0. The molecule has 0 radical (unpaired) electrons. The zero-order valence-corrected chi connectivity index (χ0v) is 14.6. The Bertz CT molecular complexity index is 522. The molecule has 0 spiro atoms. The summed E-state index contributed by atoms with van der Waals surface area (Å²) in [5.74, 6) is 0.202. The van der Waals surface area contributed by atoms with Gasteiger partial charge in [0.25, 0.3) is 0 Å². The van der Waals surface area contributed by atoms with E-state index in [0.717, 1.165) is 24.0 Å². The standard InChI is InChI=1S/C15H20Cl2N2O.ClH/c1-3-9(2)14(18)15(20)19-5-4-12-10(8-19)6-11(16)7-13(12)17;/h6-7,9,14H,3-5,8,18H2,1-2H3;1H. The molecule has 1 amide bonds. The molecule has 1 aliphatic rings. The molecule has 1 heterocycles. The van der Waals surface area contributed by atoms with Crippen LogP contribution in [0.25, 0.3) is 0 Å². The molecule has 0 bridgehead atoms. The Hall–Kier alpha value is -0.480.